The minimum Gasteiger partial charge on any atom is -0.469 e. The van der Waals surface area contributed by atoms with E-state index in [-0.39, 0.29) is 23.7 Å². The van der Waals surface area contributed by atoms with Gasteiger partial charge in [0, 0.05) is 12.1 Å². The maximum absolute atomic E-state index is 11.8. The maximum Gasteiger partial charge on any atom is 0.306 e. The Bertz CT molecular complexity index is 599. The van der Waals surface area contributed by atoms with Crippen molar-refractivity contribution < 1.29 is 17.9 Å². The van der Waals surface area contributed by atoms with Crippen LogP contribution in [0.15, 0.2) is 24.3 Å². The van der Waals surface area contributed by atoms with Crippen LogP contribution in [0.5, 0.6) is 0 Å². The van der Waals surface area contributed by atoms with Gasteiger partial charge < -0.3 is 10.5 Å². The molecule has 0 aliphatic carbocycles. The summed E-state index contributed by atoms with van der Waals surface area (Å²) < 4.78 is 30.4. The number of nitrogens with two attached hydrogens (primary N) is 1. The van der Waals surface area contributed by atoms with Crippen LogP contribution in [0.2, 0.25) is 0 Å². The fraction of sp³-hybridized carbons (Fsp3) is 0.333. The first-order chi connectivity index (χ1) is 9.34. The first-order valence-corrected chi connectivity index (χ1v) is 7.83. The fourth-order valence-corrected chi connectivity index (χ4v) is 2.76. The van der Waals surface area contributed by atoms with Gasteiger partial charge in [0.05, 0.1) is 19.3 Å². The van der Waals surface area contributed by atoms with E-state index in [1.165, 1.54) is 7.11 Å². The Morgan fingerprint density at radius 3 is 2.75 bits per heavy atom. The van der Waals surface area contributed by atoms with Crippen molar-refractivity contribution in [3.63, 3.8) is 0 Å². The Morgan fingerprint density at radius 2 is 2.15 bits per heavy atom. The maximum atomic E-state index is 11.8. The first-order valence-electron chi connectivity index (χ1n) is 5.77. The Labute approximate surface area is 123 Å². The van der Waals surface area contributed by atoms with Gasteiger partial charge in [-0.05, 0) is 11.6 Å². The van der Waals surface area contributed by atoms with Gasteiger partial charge in [0.25, 0.3) is 0 Å². The summed E-state index contributed by atoms with van der Waals surface area (Å²) in [7, 11) is -2.27. The number of benzene rings is 1. The number of rotatable bonds is 7. The van der Waals surface area contributed by atoms with E-state index in [4.69, 9.17) is 18.0 Å². The molecule has 0 heterocycles. The van der Waals surface area contributed by atoms with E-state index < -0.39 is 16.0 Å². The predicted octanol–water partition coefficient (Wildman–Crippen LogP) is 0.303. The zero-order valence-electron chi connectivity index (χ0n) is 11.0. The van der Waals surface area contributed by atoms with Gasteiger partial charge >= 0.3 is 5.97 Å². The normalized spacial score (nSPS) is 11.1. The van der Waals surface area contributed by atoms with Crippen molar-refractivity contribution in [1.29, 1.82) is 0 Å². The third-order valence-corrected chi connectivity index (χ3v) is 4.04. The van der Waals surface area contributed by atoms with Crippen molar-refractivity contribution in [2.75, 3.05) is 13.7 Å². The molecule has 0 bridgehead atoms. The van der Waals surface area contributed by atoms with E-state index in [9.17, 15) is 13.2 Å². The average Bonchev–Trinajstić information content (AvgIpc) is 2.37. The van der Waals surface area contributed by atoms with Crippen LogP contribution in [0.3, 0.4) is 0 Å². The molecule has 0 aliphatic rings. The summed E-state index contributed by atoms with van der Waals surface area (Å²) in [4.78, 5) is 11.1. The standard InChI is InChI=1S/C12H16N2O4S2/c1-18-11(15)5-6-14-20(16,17)8-9-3-2-4-10(7-9)12(13)19/h2-4,7,14H,5-6,8H2,1H3,(H2,13,19). The van der Waals surface area contributed by atoms with Crippen LogP contribution in [-0.2, 0) is 25.3 Å². The number of hydrogen-bond donors (Lipinski definition) is 2. The summed E-state index contributed by atoms with van der Waals surface area (Å²) in [5.74, 6) is -0.673. The largest absolute Gasteiger partial charge is 0.469 e. The molecule has 0 aromatic heterocycles. The van der Waals surface area contributed by atoms with Crippen LogP contribution in [-0.4, -0.2) is 33.0 Å². The average molecular weight is 316 g/mol. The number of thiocarbonyl (C=S) groups is 1. The molecule has 0 saturated carbocycles. The molecule has 0 unspecified atom stereocenters. The van der Waals surface area contributed by atoms with E-state index in [0.29, 0.717) is 11.1 Å². The van der Waals surface area contributed by atoms with Crippen molar-refractivity contribution >= 4 is 33.2 Å². The molecule has 6 nitrogen and oxygen atoms in total. The van der Waals surface area contributed by atoms with Gasteiger partial charge in [-0.3, -0.25) is 4.79 Å². The quantitative estimate of drug-likeness (QED) is 0.555. The molecule has 110 valence electrons. The smallest absolute Gasteiger partial charge is 0.306 e. The number of esters is 1. The van der Waals surface area contributed by atoms with E-state index in [1.54, 1.807) is 24.3 Å². The number of ether oxygens (including phenoxy) is 1. The number of carbonyl (C=O) groups excluding carboxylic acids is 1. The summed E-state index contributed by atoms with van der Waals surface area (Å²) in [5, 5.41) is 0. The number of nitrogens with one attached hydrogen (secondary N) is 1. The molecule has 1 aromatic carbocycles. The van der Waals surface area contributed by atoms with Gasteiger partial charge in [0.1, 0.15) is 4.99 Å². The second-order valence-corrected chi connectivity index (χ2v) is 6.29. The lowest BCUT2D eigenvalue weighted by molar-refractivity contribution is -0.140. The molecule has 0 atom stereocenters. The summed E-state index contributed by atoms with van der Waals surface area (Å²) in [6.07, 6.45) is -0.0113. The van der Waals surface area contributed by atoms with Gasteiger partial charge in [-0.2, -0.15) is 0 Å². The SMILES string of the molecule is COC(=O)CCNS(=O)(=O)Cc1cccc(C(N)=S)c1. The van der Waals surface area contributed by atoms with Gasteiger partial charge in [-0.1, -0.05) is 30.4 Å². The monoisotopic (exact) mass is 316 g/mol. The highest BCUT2D eigenvalue weighted by atomic mass is 32.2. The number of sulfonamides is 1. The zero-order valence-corrected chi connectivity index (χ0v) is 12.6. The van der Waals surface area contributed by atoms with E-state index in [1.807, 2.05) is 0 Å². The van der Waals surface area contributed by atoms with Crippen molar-refractivity contribution in [3.05, 3.63) is 35.4 Å². The molecule has 0 spiro atoms. The van der Waals surface area contributed by atoms with E-state index in [2.05, 4.69) is 9.46 Å². The third-order valence-electron chi connectivity index (χ3n) is 2.45. The summed E-state index contributed by atoms with van der Waals surface area (Å²) in [6.45, 7) is 0.00397. The Balaban J connectivity index is 2.64. The summed E-state index contributed by atoms with van der Waals surface area (Å²) in [6, 6.07) is 6.69. The molecule has 0 radical (unpaired) electrons. The molecule has 0 fully saturated rings. The molecular weight excluding hydrogens is 300 g/mol. The topological polar surface area (TPSA) is 98.5 Å². The van der Waals surface area contributed by atoms with Crippen LogP contribution in [0, 0.1) is 0 Å². The fourth-order valence-electron chi connectivity index (χ4n) is 1.50. The highest BCUT2D eigenvalue weighted by Crippen LogP contribution is 2.08. The first kappa shape index (κ1) is 16.5. The van der Waals surface area contributed by atoms with Gasteiger partial charge in [0.15, 0.2) is 0 Å². The molecule has 1 aromatic rings. The number of carbonyl (C=O) groups is 1. The van der Waals surface area contributed by atoms with Crippen LogP contribution in [0.4, 0.5) is 0 Å². The van der Waals surface area contributed by atoms with Gasteiger partial charge in [-0.25, -0.2) is 13.1 Å². The Morgan fingerprint density at radius 1 is 1.45 bits per heavy atom. The van der Waals surface area contributed by atoms with Crippen molar-refractivity contribution in [2.24, 2.45) is 5.73 Å². The van der Waals surface area contributed by atoms with Crippen LogP contribution < -0.4 is 10.5 Å². The molecule has 20 heavy (non-hydrogen) atoms. The second-order valence-electron chi connectivity index (χ2n) is 4.04. The highest BCUT2D eigenvalue weighted by molar-refractivity contribution is 7.88. The summed E-state index contributed by atoms with van der Waals surface area (Å²) >= 11 is 4.84. The molecule has 8 heteroatoms. The van der Waals surface area contributed by atoms with E-state index in [0.717, 1.165) is 0 Å². The lowest BCUT2D eigenvalue weighted by Gasteiger charge is -2.07. The summed E-state index contributed by atoms with van der Waals surface area (Å²) in [5.41, 5.74) is 6.67. The van der Waals surface area contributed by atoms with Gasteiger partial charge in [0.2, 0.25) is 10.0 Å². The van der Waals surface area contributed by atoms with Crippen molar-refractivity contribution in [2.45, 2.75) is 12.2 Å². The molecule has 3 N–H and O–H groups in total. The Kier molecular flexibility index (Phi) is 6.05. The van der Waals surface area contributed by atoms with E-state index >= 15 is 0 Å². The minimum absolute atomic E-state index is 0.00397. The molecule has 0 amide bonds. The minimum atomic E-state index is -3.52. The number of hydrogen-bond acceptors (Lipinski definition) is 5. The second kappa shape index (κ2) is 7.32. The van der Waals surface area contributed by atoms with Gasteiger partial charge in [-0.15, -0.1) is 0 Å². The highest BCUT2D eigenvalue weighted by Gasteiger charge is 2.12. The van der Waals surface area contributed by atoms with Crippen LogP contribution in [0.25, 0.3) is 0 Å². The van der Waals surface area contributed by atoms with Crippen molar-refractivity contribution in [3.8, 4) is 0 Å². The predicted molar refractivity (Wildman–Crippen MR) is 79.6 cm³/mol. The zero-order chi connectivity index (χ0) is 15.2. The lowest BCUT2D eigenvalue weighted by atomic mass is 10.1. The molecule has 0 saturated heterocycles. The molecular formula is C12H16N2O4S2. The molecule has 1 rings (SSSR count). The third kappa shape index (κ3) is 5.64. The van der Waals surface area contributed by atoms with Crippen molar-refractivity contribution in [1.82, 2.24) is 4.72 Å². The lowest BCUT2D eigenvalue weighted by Crippen LogP contribution is -2.27. The molecule has 0 aliphatic heterocycles. The Hall–Kier alpha value is -1.51. The number of methoxy groups -OCH3 is 1. The van der Waals surface area contributed by atoms with Crippen LogP contribution >= 0.6 is 12.2 Å². The van der Waals surface area contributed by atoms with Crippen LogP contribution in [0.1, 0.15) is 17.5 Å².